The van der Waals surface area contributed by atoms with Gasteiger partial charge in [0.15, 0.2) is 5.65 Å². The molecular weight excluding hydrogens is 266 g/mol. The van der Waals surface area contributed by atoms with E-state index in [1.165, 1.54) is 0 Å². The highest BCUT2D eigenvalue weighted by Gasteiger charge is 2.58. The maximum atomic E-state index is 12.4. The van der Waals surface area contributed by atoms with Crippen molar-refractivity contribution >= 4 is 22.6 Å². The number of nitrogens with two attached hydrogens (primary N) is 1. The molecule has 2 aromatic rings. The summed E-state index contributed by atoms with van der Waals surface area (Å²) in [6.07, 6.45) is 8.66. The molecule has 6 heteroatoms. The molecule has 21 heavy (non-hydrogen) atoms. The van der Waals surface area contributed by atoms with Gasteiger partial charge in [0.25, 0.3) is 0 Å². The van der Waals surface area contributed by atoms with Crippen molar-refractivity contribution in [3.05, 3.63) is 18.5 Å². The Labute approximate surface area is 122 Å². The molecule has 1 unspecified atom stereocenters. The van der Waals surface area contributed by atoms with Gasteiger partial charge in [0, 0.05) is 17.3 Å². The van der Waals surface area contributed by atoms with Gasteiger partial charge in [0.05, 0.1) is 18.1 Å². The number of carbonyl (C=O) groups excluding carboxylic acids is 1. The van der Waals surface area contributed by atoms with Crippen LogP contribution in [0, 0.1) is 11.3 Å². The molecular formula is C15H19N5O. The molecule has 2 aromatic heterocycles. The van der Waals surface area contributed by atoms with E-state index in [2.05, 4.69) is 20.5 Å². The van der Waals surface area contributed by atoms with Crippen LogP contribution in [0.5, 0.6) is 0 Å². The average Bonchev–Trinajstić information content (AvgIpc) is 2.98. The molecule has 0 aliphatic heterocycles. The zero-order chi connectivity index (χ0) is 14.4. The molecule has 2 aliphatic rings. The number of nitrogens with zero attached hydrogens (tertiary/aromatic N) is 2. The highest BCUT2D eigenvalue weighted by molar-refractivity contribution is 5.96. The van der Waals surface area contributed by atoms with Crippen LogP contribution in [0.2, 0.25) is 0 Å². The smallest absolute Gasteiger partial charge is 0.228 e. The number of aromatic nitrogens is 3. The zero-order valence-corrected chi connectivity index (χ0v) is 11.8. The van der Waals surface area contributed by atoms with Gasteiger partial charge in [-0.2, -0.15) is 5.10 Å². The number of pyridine rings is 1. The van der Waals surface area contributed by atoms with E-state index in [9.17, 15) is 4.79 Å². The lowest BCUT2D eigenvalue weighted by Gasteiger charge is -2.26. The van der Waals surface area contributed by atoms with Gasteiger partial charge in [-0.05, 0) is 43.6 Å². The highest BCUT2D eigenvalue weighted by atomic mass is 16.2. The molecule has 4 N–H and O–H groups in total. The van der Waals surface area contributed by atoms with Crippen LogP contribution in [0.4, 0.5) is 5.69 Å². The molecule has 0 aromatic carbocycles. The number of rotatable bonds is 2. The summed E-state index contributed by atoms with van der Waals surface area (Å²) in [7, 11) is 0. The number of amides is 1. The zero-order valence-electron chi connectivity index (χ0n) is 11.8. The fourth-order valence-electron chi connectivity index (χ4n) is 3.62. The molecule has 0 bridgehead atoms. The van der Waals surface area contributed by atoms with E-state index in [1.54, 1.807) is 12.4 Å². The number of fused-ring (bicyclic) bond motifs is 1. The van der Waals surface area contributed by atoms with Crippen LogP contribution in [0.15, 0.2) is 18.5 Å². The van der Waals surface area contributed by atoms with Crippen molar-refractivity contribution in [1.29, 1.82) is 0 Å². The fraction of sp³-hybridized carbons (Fsp3) is 0.533. The fourth-order valence-corrected chi connectivity index (χ4v) is 3.62. The van der Waals surface area contributed by atoms with Crippen molar-refractivity contribution < 1.29 is 4.79 Å². The van der Waals surface area contributed by atoms with E-state index in [1.807, 2.05) is 6.07 Å². The third-order valence-corrected chi connectivity index (χ3v) is 5.09. The minimum Gasteiger partial charge on any atom is -0.328 e. The Hall–Kier alpha value is -1.95. The van der Waals surface area contributed by atoms with Crippen LogP contribution in [0.1, 0.15) is 32.1 Å². The quantitative estimate of drug-likeness (QED) is 0.784. The van der Waals surface area contributed by atoms with Crippen LogP contribution in [-0.4, -0.2) is 27.1 Å². The summed E-state index contributed by atoms with van der Waals surface area (Å²) in [5.74, 6) is 0.264. The van der Waals surface area contributed by atoms with Crippen LogP contribution < -0.4 is 11.1 Å². The first-order chi connectivity index (χ1) is 10.2. The Morgan fingerprint density at radius 1 is 1.38 bits per heavy atom. The molecule has 1 amide bonds. The molecule has 6 nitrogen and oxygen atoms in total. The predicted octanol–water partition coefficient (Wildman–Crippen LogP) is 1.80. The molecule has 2 fully saturated rings. The molecule has 1 spiro atoms. The second-order valence-electron chi connectivity index (χ2n) is 6.48. The molecule has 0 radical (unpaired) electrons. The Bertz CT molecular complexity index is 686. The van der Waals surface area contributed by atoms with Gasteiger partial charge in [-0.25, -0.2) is 4.98 Å². The molecule has 110 valence electrons. The first-order valence-corrected chi connectivity index (χ1v) is 7.52. The minimum atomic E-state index is 0.120. The number of carbonyl (C=O) groups is 1. The lowest BCUT2D eigenvalue weighted by molar-refractivity contribution is -0.118. The summed E-state index contributed by atoms with van der Waals surface area (Å²) in [4.78, 5) is 16.6. The van der Waals surface area contributed by atoms with E-state index in [0.29, 0.717) is 6.04 Å². The Morgan fingerprint density at radius 2 is 2.19 bits per heavy atom. The Kier molecular flexibility index (Phi) is 2.75. The molecule has 4 rings (SSSR count). The molecule has 0 saturated heterocycles. The van der Waals surface area contributed by atoms with Gasteiger partial charge >= 0.3 is 0 Å². The van der Waals surface area contributed by atoms with E-state index in [0.717, 1.165) is 48.8 Å². The lowest BCUT2D eigenvalue weighted by atomic mass is 9.82. The van der Waals surface area contributed by atoms with Crippen molar-refractivity contribution in [1.82, 2.24) is 15.2 Å². The van der Waals surface area contributed by atoms with Crippen LogP contribution in [0.3, 0.4) is 0 Å². The minimum absolute atomic E-state index is 0.120. The van der Waals surface area contributed by atoms with Gasteiger partial charge in [-0.3, -0.25) is 9.89 Å². The number of anilines is 1. The van der Waals surface area contributed by atoms with E-state index in [-0.39, 0.29) is 17.2 Å². The molecule has 1 atom stereocenters. The van der Waals surface area contributed by atoms with Crippen molar-refractivity contribution in [3.8, 4) is 0 Å². The largest absolute Gasteiger partial charge is 0.328 e. The van der Waals surface area contributed by atoms with Crippen LogP contribution in [-0.2, 0) is 4.79 Å². The molecule has 2 saturated carbocycles. The van der Waals surface area contributed by atoms with E-state index < -0.39 is 0 Å². The Morgan fingerprint density at radius 3 is 3.00 bits per heavy atom. The maximum Gasteiger partial charge on any atom is 0.228 e. The van der Waals surface area contributed by atoms with Crippen molar-refractivity contribution in [3.63, 3.8) is 0 Å². The normalized spacial score (nSPS) is 31.5. The maximum absolute atomic E-state index is 12.4. The third-order valence-electron chi connectivity index (χ3n) is 5.09. The summed E-state index contributed by atoms with van der Waals surface area (Å²) < 4.78 is 0. The Balaban J connectivity index is 1.44. The van der Waals surface area contributed by atoms with Crippen LogP contribution in [0.25, 0.3) is 11.0 Å². The second kappa shape index (κ2) is 4.53. The number of hydrogen-bond donors (Lipinski definition) is 3. The molecule has 2 heterocycles. The number of nitrogens with one attached hydrogen (secondary N) is 2. The van der Waals surface area contributed by atoms with Gasteiger partial charge < -0.3 is 11.1 Å². The van der Waals surface area contributed by atoms with Gasteiger partial charge in [-0.1, -0.05) is 0 Å². The van der Waals surface area contributed by atoms with Crippen LogP contribution >= 0.6 is 0 Å². The SMILES string of the molecule is NC1CCC2(CC1)CC2C(=O)Nc1cnc2[nH]ncc2c1. The van der Waals surface area contributed by atoms with Crippen molar-refractivity contribution in [2.24, 2.45) is 17.1 Å². The van der Waals surface area contributed by atoms with Crippen molar-refractivity contribution in [2.45, 2.75) is 38.1 Å². The number of aromatic amines is 1. The summed E-state index contributed by atoms with van der Waals surface area (Å²) in [6, 6.07) is 2.22. The average molecular weight is 285 g/mol. The van der Waals surface area contributed by atoms with Gasteiger partial charge in [0.2, 0.25) is 5.91 Å². The predicted molar refractivity (Wildman–Crippen MR) is 79.5 cm³/mol. The lowest BCUT2D eigenvalue weighted by Crippen LogP contribution is -2.29. The summed E-state index contributed by atoms with van der Waals surface area (Å²) in [6.45, 7) is 0. The number of H-pyrrole nitrogens is 1. The van der Waals surface area contributed by atoms with Gasteiger partial charge in [-0.15, -0.1) is 0 Å². The third kappa shape index (κ3) is 2.19. The first kappa shape index (κ1) is 12.8. The monoisotopic (exact) mass is 285 g/mol. The van der Waals surface area contributed by atoms with E-state index >= 15 is 0 Å². The van der Waals surface area contributed by atoms with E-state index in [4.69, 9.17) is 5.73 Å². The van der Waals surface area contributed by atoms with Crippen molar-refractivity contribution in [2.75, 3.05) is 5.32 Å². The van der Waals surface area contributed by atoms with Gasteiger partial charge in [0.1, 0.15) is 0 Å². The molecule has 2 aliphatic carbocycles. The summed E-state index contributed by atoms with van der Waals surface area (Å²) in [5.41, 5.74) is 7.66. The standard InChI is InChI=1S/C15H19N5O/c16-10-1-3-15(4-2-10)6-12(15)14(21)19-11-5-9-7-18-20-13(9)17-8-11/h5,7-8,10,12H,1-4,6,16H2,(H,19,21)(H,17,18,20). The number of hydrogen-bond acceptors (Lipinski definition) is 4. The topological polar surface area (TPSA) is 96.7 Å². The first-order valence-electron chi connectivity index (χ1n) is 7.52. The second-order valence-corrected chi connectivity index (χ2v) is 6.48. The summed E-state index contributed by atoms with van der Waals surface area (Å²) in [5, 5.41) is 10.6. The summed E-state index contributed by atoms with van der Waals surface area (Å²) >= 11 is 0. The highest BCUT2D eigenvalue weighted by Crippen LogP contribution is 2.61.